The van der Waals surface area contributed by atoms with Crippen molar-refractivity contribution in [1.82, 2.24) is 9.80 Å². The Morgan fingerprint density at radius 2 is 2.00 bits per heavy atom. The Bertz CT molecular complexity index is 400. The second-order valence-corrected chi connectivity index (χ2v) is 8.27. The smallest absolute Gasteiger partial charge is 0.410 e. The molecular formula is C18H34N2O3. The topological polar surface area (TPSA) is 53.0 Å². The molecule has 0 aromatic rings. The third-order valence-electron chi connectivity index (χ3n) is 4.87. The van der Waals surface area contributed by atoms with E-state index in [0.29, 0.717) is 12.6 Å². The third kappa shape index (κ3) is 5.35. The molecule has 0 bridgehead atoms. The van der Waals surface area contributed by atoms with Gasteiger partial charge < -0.3 is 14.7 Å². The van der Waals surface area contributed by atoms with Gasteiger partial charge in [0.15, 0.2) is 0 Å². The fourth-order valence-electron chi connectivity index (χ4n) is 3.78. The van der Waals surface area contributed by atoms with E-state index < -0.39 is 11.2 Å². The van der Waals surface area contributed by atoms with E-state index in [2.05, 4.69) is 11.8 Å². The number of likely N-dealkylation sites (tertiary alicyclic amines) is 1. The minimum Gasteiger partial charge on any atom is -0.444 e. The number of carbonyl (C=O) groups excluding carboxylic acids is 1. The molecule has 1 unspecified atom stereocenters. The maximum Gasteiger partial charge on any atom is 0.410 e. The molecule has 1 saturated heterocycles. The van der Waals surface area contributed by atoms with E-state index in [0.717, 1.165) is 58.2 Å². The molecule has 1 saturated carbocycles. The van der Waals surface area contributed by atoms with Gasteiger partial charge in [-0.2, -0.15) is 0 Å². The number of amides is 1. The summed E-state index contributed by atoms with van der Waals surface area (Å²) in [6, 6.07) is 0.340. The lowest BCUT2D eigenvalue weighted by Gasteiger charge is -2.35. The molecule has 1 aliphatic heterocycles. The SMILES string of the molecule is CCCN(CC1(O)CCCC1)C1CCN(C(=O)OC(C)(C)C)C1. The Kier molecular flexibility index (Phi) is 5.95. The van der Waals surface area contributed by atoms with Gasteiger partial charge in [-0.05, 0) is 53.0 Å². The van der Waals surface area contributed by atoms with Crippen LogP contribution in [0.15, 0.2) is 0 Å². The Morgan fingerprint density at radius 1 is 1.35 bits per heavy atom. The molecule has 1 heterocycles. The molecular weight excluding hydrogens is 292 g/mol. The molecule has 2 aliphatic rings. The Morgan fingerprint density at radius 3 is 2.57 bits per heavy atom. The largest absolute Gasteiger partial charge is 0.444 e. The van der Waals surface area contributed by atoms with Gasteiger partial charge >= 0.3 is 6.09 Å². The number of hydrogen-bond donors (Lipinski definition) is 1. The van der Waals surface area contributed by atoms with Crippen molar-refractivity contribution in [2.45, 2.75) is 83.5 Å². The van der Waals surface area contributed by atoms with Crippen molar-refractivity contribution in [1.29, 1.82) is 0 Å². The van der Waals surface area contributed by atoms with Gasteiger partial charge in [0.05, 0.1) is 5.60 Å². The lowest BCUT2D eigenvalue weighted by Crippen LogP contribution is -2.48. The molecule has 0 radical (unpaired) electrons. The quantitative estimate of drug-likeness (QED) is 0.844. The molecule has 5 nitrogen and oxygen atoms in total. The highest BCUT2D eigenvalue weighted by molar-refractivity contribution is 5.68. The molecule has 2 fully saturated rings. The average Bonchev–Trinajstić information content (AvgIpc) is 3.05. The highest BCUT2D eigenvalue weighted by Gasteiger charge is 2.38. The molecule has 1 amide bonds. The molecule has 134 valence electrons. The number of hydrogen-bond acceptors (Lipinski definition) is 4. The van der Waals surface area contributed by atoms with E-state index in [9.17, 15) is 9.90 Å². The van der Waals surface area contributed by atoms with Gasteiger partial charge in [-0.15, -0.1) is 0 Å². The van der Waals surface area contributed by atoms with Crippen LogP contribution < -0.4 is 0 Å². The normalized spacial score (nSPS) is 24.4. The molecule has 1 aliphatic carbocycles. The summed E-state index contributed by atoms with van der Waals surface area (Å²) in [5, 5.41) is 10.7. The predicted molar refractivity (Wildman–Crippen MR) is 91.5 cm³/mol. The second kappa shape index (κ2) is 7.39. The predicted octanol–water partition coefficient (Wildman–Crippen LogP) is 3.01. The monoisotopic (exact) mass is 326 g/mol. The van der Waals surface area contributed by atoms with Gasteiger partial charge in [0.2, 0.25) is 0 Å². The van der Waals surface area contributed by atoms with Crippen LogP contribution in [0.2, 0.25) is 0 Å². The molecule has 0 aromatic heterocycles. The number of aliphatic hydroxyl groups is 1. The fraction of sp³-hybridized carbons (Fsp3) is 0.944. The Balaban J connectivity index is 1.92. The summed E-state index contributed by atoms with van der Waals surface area (Å²) in [6.45, 7) is 11.1. The minimum absolute atomic E-state index is 0.212. The maximum absolute atomic E-state index is 12.2. The van der Waals surface area contributed by atoms with Crippen LogP contribution in [-0.4, -0.2) is 64.4 Å². The van der Waals surface area contributed by atoms with Gasteiger partial charge in [0.25, 0.3) is 0 Å². The van der Waals surface area contributed by atoms with Crippen LogP contribution in [0.25, 0.3) is 0 Å². The summed E-state index contributed by atoms with van der Waals surface area (Å²) in [6.07, 6.45) is 5.91. The number of ether oxygens (including phenoxy) is 1. The van der Waals surface area contributed by atoms with E-state index in [1.54, 1.807) is 0 Å². The van der Waals surface area contributed by atoms with E-state index in [-0.39, 0.29) is 6.09 Å². The Hall–Kier alpha value is -0.810. The lowest BCUT2D eigenvalue weighted by atomic mass is 10.0. The van der Waals surface area contributed by atoms with Crippen LogP contribution in [0, 0.1) is 0 Å². The van der Waals surface area contributed by atoms with Gasteiger partial charge in [0.1, 0.15) is 5.60 Å². The van der Waals surface area contributed by atoms with Gasteiger partial charge in [-0.3, -0.25) is 4.90 Å². The summed E-state index contributed by atoms with van der Waals surface area (Å²) < 4.78 is 5.48. The standard InChI is InChI=1S/C18H34N2O3/c1-5-11-20(14-18(22)9-6-7-10-18)15-8-12-19(13-15)16(21)23-17(2,3)4/h15,22H,5-14H2,1-4H3. The first kappa shape index (κ1) is 18.5. The lowest BCUT2D eigenvalue weighted by molar-refractivity contribution is -0.00366. The first-order valence-electron chi connectivity index (χ1n) is 9.17. The van der Waals surface area contributed by atoms with Crippen molar-refractivity contribution in [2.24, 2.45) is 0 Å². The average molecular weight is 326 g/mol. The summed E-state index contributed by atoms with van der Waals surface area (Å²) in [7, 11) is 0. The zero-order valence-corrected chi connectivity index (χ0v) is 15.3. The zero-order valence-electron chi connectivity index (χ0n) is 15.3. The van der Waals surface area contributed by atoms with E-state index in [4.69, 9.17) is 4.74 Å². The van der Waals surface area contributed by atoms with Crippen LogP contribution in [0.4, 0.5) is 4.79 Å². The minimum atomic E-state index is -0.519. The zero-order chi connectivity index (χ0) is 17.1. The van der Waals surface area contributed by atoms with E-state index in [1.807, 2.05) is 25.7 Å². The van der Waals surface area contributed by atoms with Crippen molar-refractivity contribution in [3.63, 3.8) is 0 Å². The van der Waals surface area contributed by atoms with Crippen molar-refractivity contribution < 1.29 is 14.6 Å². The maximum atomic E-state index is 12.2. The molecule has 1 atom stereocenters. The molecule has 5 heteroatoms. The van der Waals surface area contributed by atoms with Crippen molar-refractivity contribution >= 4 is 6.09 Å². The van der Waals surface area contributed by atoms with Crippen LogP contribution in [0.1, 0.15) is 66.2 Å². The van der Waals surface area contributed by atoms with E-state index >= 15 is 0 Å². The second-order valence-electron chi connectivity index (χ2n) is 8.27. The molecule has 1 N–H and O–H groups in total. The number of carbonyl (C=O) groups is 1. The van der Waals surface area contributed by atoms with Crippen molar-refractivity contribution in [2.75, 3.05) is 26.2 Å². The number of rotatable bonds is 5. The molecule has 0 aromatic carbocycles. The molecule has 0 spiro atoms. The van der Waals surface area contributed by atoms with Gasteiger partial charge in [-0.25, -0.2) is 4.79 Å². The van der Waals surface area contributed by atoms with E-state index in [1.165, 1.54) is 0 Å². The third-order valence-corrected chi connectivity index (χ3v) is 4.87. The summed E-state index contributed by atoms with van der Waals surface area (Å²) in [5.74, 6) is 0. The summed E-state index contributed by atoms with van der Waals surface area (Å²) in [5.41, 5.74) is -0.966. The first-order chi connectivity index (χ1) is 10.7. The van der Waals surface area contributed by atoms with Crippen LogP contribution in [0.3, 0.4) is 0 Å². The first-order valence-corrected chi connectivity index (χ1v) is 9.17. The van der Waals surface area contributed by atoms with Crippen LogP contribution >= 0.6 is 0 Å². The highest BCUT2D eigenvalue weighted by Crippen LogP contribution is 2.31. The molecule has 2 rings (SSSR count). The van der Waals surface area contributed by atoms with Crippen molar-refractivity contribution in [3.8, 4) is 0 Å². The number of nitrogens with zero attached hydrogens (tertiary/aromatic N) is 2. The summed E-state index contributed by atoms with van der Waals surface area (Å²) in [4.78, 5) is 16.4. The molecule has 23 heavy (non-hydrogen) atoms. The Labute approximate surface area is 141 Å². The summed E-state index contributed by atoms with van der Waals surface area (Å²) >= 11 is 0. The van der Waals surface area contributed by atoms with Gasteiger partial charge in [-0.1, -0.05) is 19.8 Å². The van der Waals surface area contributed by atoms with Crippen LogP contribution in [0.5, 0.6) is 0 Å². The van der Waals surface area contributed by atoms with Gasteiger partial charge in [0, 0.05) is 25.7 Å². The van der Waals surface area contributed by atoms with Crippen LogP contribution in [-0.2, 0) is 4.74 Å². The van der Waals surface area contributed by atoms with Crippen molar-refractivity contribution in [3.05, 3.63) is 0 Å². The fourth-order valence-corrected chi connectivity index (χ4v) is 3.78. The highest BCUT2D eigenvalue weighted by atomic mass is 16.6.